The minimum atomic E-state index is -4.47. The Morgan fingerprint density at radius 1 is 1.21 bits per heavy atom. The van der Waals surface area contributed by atoms with Crippen LogP contribution in [0, 0.1) is 0 Å². The van der Waals surface area contributed by atoms with Gasteiger partial charge in [0, 0.05) is 24.7 Å². The summed E-state index contributed by atoms with van der Waals surface area (Å²) < 4.78 is 42.1. The highest BCUT2D eigenvalue weighted by molar-refractivity contribution is 5.92. The number of aromatic nitrogens is 2. The number of ether oxygens (including phenoxy) is 1. The number of hydrogen-bond acceptors (Lipinski definition) is 4. The van der Waals surface area contributed by atoms with Crippen LogP contribution in [0.4, 0.5) is 13.2 Å². The highest BCUT2D eigenvalue weighted by Gasteiger charge is 2.29. The molecule has 156 valence electrons. The molecule has 2 heterocycles. The van der Waals surface area contributed by atoms with Gasteiger partial charge in [-0.3, -0.25) is 14.7 Å². The lowest BCUT2D eigenvalue weighted by atomic mass is 9.93. The average molecular weight is 410 g/mol. The lowest BCUT2D eigenvalue weighted by molar-refractivity contribution is -0.134. The highest BCUT2D eigenvalue weighted by Crippen LogP contribution is 2.27. The number of nitrogens with one attached hydrogen (secondary N) is 2. The molecule has 3 rings (SSSR count). The van der Waals surface area contributed by atoms with E-state index in [-0.39, 0.29) is 24.1 Å². The van der Waals surface area contributed by atoms with Crippen LogP contribution in [0.15, 0.2) is 36.4 Å². The van der Waals surface area contributed by atoms with Gasteiger partial charge in [0.25, 0.3) is 11.8 Å². The van der Waals surface area contributed by atoms with Crippen LogP contribution in [0.1, 0.15) is 34.9 Å². The van der Waals surface area contributed by atoms with E-state index in [1.807, 2.05) is 18.2 Å². The Morgan fingerprint density at radius 3 is 2.55 bits per heavy atom. The number of H-pyrrole nitrogens is 1. The number of benzene rings is 1. The van der Waals surface area contributed by atoms with Crippen LogP contribution in [-0.4, -0.2) is 59.3 Å². The van der Waals surface area contributed by atoms with Crippen molar-refractivity contribution >= 4 is 11.8 Å². The van der Waals surface area contributed by atoms with Gasteiger partial charge >= 0.3 is 6.18 Å². The van der Waals surface area contributed by atoms with Gasteiger partial charge in [0.15, 0.2) is 6.61 Å². The number of nitrogens with zero attached hydrogens (tertiary/aromatic N) is 2. The molecule has 7 nitrogen and oxygen atoms in total. The van der Waals surface area contributed by atoms with Gasteiger partial charge in [-0.15, -0.1) is 0 Å². The molecule has 2 aromatic rings. The van der Waals surface area contributed by atoms with E-state index in [0.717, 1.165) is 0 Å². The molecule has 2 N–H and O–H groups in total. The van der Waals surface area contributed by atoms with Gasteiger partial charge in [-0.05, 0) is 31.0 Å². The molecule has 0 atom stereocenters. The number of para-hydroxylation sites is 1. The molecule has 0 spiro atoms. The molecule has 0 aliphatic carbocycles. The van der Waals surface area contributed by atoms with Crippen molar-refractivity contribution < 1.29 is 27.5 Å². The summed E-state index contributed by atoms with van der Waals surface area (Å²) in [4.78, 5) is 25.8. The molecule has 1 aromatic heterocycles. The van der Waals surface area contributed by atoms with Gasteiger partial charge in [-0.1, -0.05) is 18.2 Å². The van der Waals surface area contributed by atoms with Crippen LogP contribution in [0.2, 0.25) is 0 Å². The predicted molar refractivity (Wildman–Crippen MR) is 97.5 cm³/mol. The van der Waals surface area contributed by atoms with Crippen LogP contribution < -0.4 is 10.1 Å². The number of rotatable bonds is 6. The second kappa shape index (κ2) is 8.97. The molecule has 1 aromatic carbocycles. The van der Waals surface area contributed by atoms with Crippen molar-refractivity contribution in [1.29, 1.82) is 0 Å². The maximum atomic E-state index is 12.3. The third kappa shape index (κ3) is 5.97. The Bertz CT molecular complexity index is 831. The van der Waals surface area contributed by atoms with Gasteiger partial charge in [0.1, 0.15) is 18.0 Å². The van der Waals surface area contributed by atoms with Gasteiger partial charge in [0.2, 0.25) is 0 Å². The summed E-state index contributed by atoms with van der Waals surface area (Å²) in [5.74, 6) is -0.310. The zero-order valence-electron chi connectivity index (χ0n) is 15.5. The van der Waals surface area contributed by atoms with Gasteiger partial charge in [0.05, 0.1) is 0 Å². The lowest BCUT2D eigenvalue weighted by Gasteiger charge is -2.31. The van der Waals surface area contributed by atoms with Crippen LogP contribution in [-0.2, 0) is 4.79 Å². The SMILES string of the molecule is O=C(NCC(F)(F)F)c1cc(C2CCN(C(=O)COc3ccccc3)CC2)[nH]n1. The zero-order chi connectivity index (χ0) is 20.9. The Balaban J connectivity index is 1.46. The van der Waals surface area contributed by atoms with Crippen molar-refractivity contribution in [3.8, 4) is 5.75 Å². The third-order valence-electron chi connectivity index (χ3n) is 4.67. The molecular weight excluding hydrogens is 389 g/mol. The molecule has 0 bridgehead atoms. The molecule has 0 saturated carbocycles. The second-order valence-corrected chi connectivity index (χ2v) is 6.76. The van der Waals surface area contributed by atoms with Gasteiger partial charge in [-0.2, -0.15) is 18.3 Å². The number of halogens is 3. The summed E-state index contributed by atoms with van der Waals surface area (Å²) in [7, 11) is 0. The summed E-state index contributed by atoms with van der Waals surface area (Å²) >= 11 is 0. The summed E-state index contributed by atoms with van der Waals surface area (Å²) in [6.07, 6.45) is -3.16. The summed E-state index contributed by atoms with van der Waals surface area (Å²) in [6, 6.07) is 10.5. The standard InChI is InChI=1S/C19H21F3N4O3/c20-19(21,22)12-23-18(28)16-10-15(24-25-16)13-6-8-26(9-7-13)17(27)11-29-14-4-2-1-3-5-14/h1-5,10,13H,6-9,11-12H2,(H,23,28)(H,24,25). The number of aromatic amines is 1. The molecule has 29 heavy (non-hydrogen) atoms. The van der Waals surface area contributed by atoms with Crippen LogP contribution in [0.25, 0.3) is 0 Å². The molecule has 1 fully saturated rings. The largest absolute Gasteiger partial charge is 0.484 e. The van der Waals surface area contributed by atoms with E-state index in [9.17, 15) is 22.8 Å². The van der Waals surface area contributed by atoms with E-state index < -0.39 is 18.6 Å². The van der Waals surface area contributed by atoms with E-state index in [4.69, 9.17) is 4.74 Å². The fourth-order valence-electron chi connectivity index (χ4n) is 3.13. The smallest absolute Gasteiger partial charge is 0.405 e. The topological polar surface area (TPSA) is 87.3 Å². The first-order valence-electron chi connectivity index (χ1n) is 9.18. The van der Waals surface area contributed by atoms with E-state index in [2.05, 4.69) is 10.2 Å². The summed E-state index contributed by atoms with van der Waals surface area (Å²) in [5.41, 5.74) is 0.591. The van der Waals surface area contributed by atoms with E-state index in [1.54, 1.807) is 22.3 Å². The number of amides is 2. The maximum absolute atomic E-state index is 12.3. The molecule has 2 amide bonds. The van der Waals surface area contributed by atoms with Crippen LogP contribution in [0.5, 0.6) is 5.75 Å². The zero-order valence-corrected chi connectivity index (χ0v) is 15.5. The summed E-state index contributed by atoms with van der Waals surface area (Å²) in [6.45, 7) is -0.394. The van der Waals surface area contributed by atoms with Crippen molar-refractivity contribution in [2.75, 3.05) is 26.2 Å². The first-order valence-corrected chi connectivity index (χ1v) is 9.18. The number of likely N-dealkylation sites (tertiary alicyclic amines) is 1. The number of piperidine rings is 1. The molecule has 0 unspecified atom stereocenters. The van der Waals surface area contributed by atoms with Crippen molar-refractivity contribution in [3.63, 3.8) is 0 Å². The van der Waals surface area contributed by atoms with E-state index in [0.29, 0.717) is 37.4 Å². The molecule has 1 aliphatic heterocycles. The van der Waals surface area contributed by atoms with Gasteiger partial charge < -0.3 is 15.0 Å². The van der Waals surface area contributed by atoms with Crippen LogP contribution >= 0.6 is 0 Å². The normalized spacial score (nSPS) is 15.2. The minimum absolute atomic E-state index is 0.0394. The number of hydrogen-bond donors (Lipinski definition) is 2. The Labute approximate surface area is 165 Å². The minimum Gasteiger partial charge on any atom is -0.484 e. The maximum Gasteiger partial charge on any atom is 0.405 e. The van der Waals surface area contributed by atoms with E-state index in [1.165, 1.54) is 6.07 Å². The van der Waals surface area contributed by atoms with Gasteiger partial charge in [-0.25, -0.2) is 0 Å². The van der Waals surface area contributed by atoms with Crippen molar-refractivity contribution in [3.05, 3.63) is 47.8 Å². The molecule has 0 radical (unpaired) electrons. The second-order valence-electron chi connectivity index (χ2n) is 6.76. The number of alkyl halides is 3. The fraction of sp³-hybridized carbons (Fsp3) is 0.421. The fourth-order valence-corrected chi connectivity index (χ4v) is 3.13. The lowest BCUT2D eigenvalue weighted by Crippen LogP contribution is -2.40. The molecule has 1 saturated heterocycles. The third-order valence-corrected chi connectivity index (χ3v) is 4.67. The highest BCUT2D eigenvalue weighted by atomic mass is 19.4. The van der Waals surface area contributed by atoms with E-state index >= 15 is 0 Å². The predicted octanol–water partition coefficient (Wildman–Crippen LogP) is 2.49. The Morgan fingerprint density at radius 2 is 1.90 bits per heavy atom. The first-order chi connectivity index (χ1) is 13.8. The molecular formula is C19H21F3N4O3. The Hall–Kier alpha value is -3.04. The van der Waals surface area contributed by atoms with Crippen molar-refractivity contribution in [1.82, 2.24) is 20.4 Å². The van der Waals surface area contributed by atoms with Crippen molar-refractivity contribution in [2.24, 2.45) is 0 Å². The number of carbonyl (C=O) groups is 2. The molecule has 10 heteroatoms. The Kier molecular flexibility index (Phi) is 6.40. The van der Waals surface area contributed by atoms with Crippen LogP contribution in [0.3, 0.4) is 0 Å². The first kappa shape index (κ1) is 20.7. The number of carbonyl (C=O) groups excluding carboxylic acids is 2. The monoisotopic (exact) mass is 410 g/mol. The van der Waals surface area contributed by atoms with Crippen molar-refractivity contribution in [2.45, 2.75) is 24.9 Å². The summed E-state index contributed by atoms with van der Waals surface area (Å²) in [5, 5.41) is 8.32. The quantitative estimate of drug-likeness (QED) is 0.766. The molecule has 1 aliphatic rings. The average Bonchev–Trinajstić information content (AvgIpc) is 3.21.